The number of benzene rings is 1. The van der Waals surface area contributed by atoms with Crippen molar-refractivity contribution in [1.29, 1.82) is 0 Å². The summed E-state index contributed by atoms with van der Waals surface area (Å²) in [5, 5.41) is 0. The number of fused-ring (bicyclic) bond motifs is 3. The number of ether oxygens (including phenoxy) is 1. The third kappa shape index (κ3) is 1.39. The van der Waals surface area contributed by atoms with Gasteiger partial charge in [0.25, 0.3) is 0 Å². The van der Waals surface area contributed by atoms with Crippen molar-refractivity contribution in [2.75, 3.05) is 18.6 Å². The van der Waals surface area contributed by atoms with E-state index < -0.39 is 0 Å². The van der Waals surface area contributed by atoms with Gasteiger partial charge in [0.15, 0.2) is 0 Å². The van der Waals surface area contributed by atoms with E-state index in [9.17, 15) is 0 Å². The van der Waals surface area contributed by atoms with Crippen LogP contribution >= 0.6 is 0 Å². The molecular weight excluding hydrogens is 200 g/mol. The van der Waals surface area contributed by atoms with E-state index in [1.807, 2.05) is 0 Å². The van der Waals surface area contributed by atoms with Crippen molar-refractivity contribution in [2.45, 2.75) is 31.3 Å². The van der Waals surface area contributed by atoms with Gasteiger partial charge in [-0.2, -0.15) is 0 Å². The van der Waals surface area contributed by atoms with Gasteiger partial charge >= 0.3 is 0 Å². The molecule has 3 heteroatoms. The molecule has 2 heterocycles. The maximum absolute atomic E-state index is 6.04. The molecule has 1 aromatic rings. The van der Waals surface area contributed by atoms with Crippen LogP contribution in [-0.2, 0) is 6.42 Å². The predicted molar refractivity (Wildman–Crippen MR) is 65.0 cm³/mol. The number of methoxy groups -OCH3 is 1. The Bertz CT molecular complexity index is 405. The highest BCUT2D eigenvalue weighted by Crippen LogP contribution is 2.40. The lowest BCUT2D eigenvalue weighted by atomic mass is 9.97. The second-order valence-corrected chi connectivity index (χ2v) is 4.79. The SMILES string of the molecule is COc1cccc2c1CC1CC(N)CCN21. The van der Waals surface area contributed by atoms with Crippen LogP contribution in [0.5, 0.6) is 5.75 Å². The van der Waals surface area contributed by atoms with E-state index in [-0.39, 0.29) is 0 Å². The summed E-state index contributed by atoms with van der Waals surface area (Å²) < 4.78 is 5.43. The summed E-state index contributed by atoms with van der Waals surface area (Å²) in [4.78, 5) is 2.50. The summed E-state index contributed by atoms with van der Waals surface area (Å²) in [5.74, 6) is 1.03. The van der Waals surface area contributed by atoms with Gasteiger partial charge in [0, 0.05) is 29.9 Å². The van der Waals surface area contributed by atoms with Crippen molar-refractivity contribution < 1.29 is 4.74 Å². The van der Waals surface area contributed by atoms with E-state index in [4.69, 9.17) is 10.5 Å². The van der Waals surface area contributed by atoms with Crippen molar-refractivity contribution in [3.8, 4) is 5.75 Å². The fraction of sp³-hybridized carbons (Fsp3) is 0.538. The van der Waals surface area contributed by atoms with E-state index >= 15 is 0 Å². The Kier molecular flexibility index (Phi) is 2.28. The Morgan fingerprint density at radius 3 is 3.12 bits per heavy atom. The minimum absolute atomic E-state index is 0.376. The van der Waals surface area contributed by atoms with E-state index in [1.165, 1.54) is 11.3 Å². The van der Waals surface area contributed by atoms with Crippen LogP contribution in [0, 0.1) is 0 Å². The summed E-state index contributed by atoms with van der Waals surface area (Å²) in [5.41, 5.74) is 8.76. The molecule has 3 rings (SSSR count). The third-order valence-corrected chi connectivity index (χ3v) is 3.83. The lowest BCUT2D eigenvalue weighted by Crippen LogP contribution is -2.45. The summed E-state index contributed by atoms with van der Waals surface area (Å²) >= 11 is 0. The van der Waals surface area contributed by atoms with Gasteiger partial charge in [0.1, 0.15) is 5.75 Å². The first kappa shape index (κ1) is 9.97. The summed E-state index contributed by atoms with van der Waals surface area (Å²) in [6.07, 6.45) is 3.30. The highest BCUT2D eigenvalue weighted by molar-refractivity contribution is 5.64. The Balaban J connectivity index is 1.97. The van der Waals surface area contributed by atoms with Gasteiger partial charge in [-0.3, -0.25) is 0 Å². The molecule has 0 aliphatic carbocycles. The first-order chi connectivity index (χ1) is 7.79. The summed E-state index contributed by atoms with van der Waals surface area (Å²) in [7, 11) is 1.75. The molecule has 0 aromatic heterocycles. The molecule has 0 amide bonds. The van der Waals surface area contributed by atoms with Crippen LogP contribution in [0.1, 0.15) is 18.4 Å². The quantitative estimate of drug-likeness (QED) is 0.777. The van der Waals surface area contributed by atoms with Crippen molar-refractivity contribution >= 4 is 5.69 Å². The normalized spacial score (nSPS) is 27.5. The highest BCUT2D eigenvalue weighted by Gasteiger charge is 2.35. The first-order valence-electron chi connectivity index (χ1n) is 5.97. The van der Waals surface area contributed by atoms with Crippen LogP contribution in [0.15, 0.2) is 18.2 Å². The number of hydrogen-bond donors (Lipinski definition) is 1. The van der Waals surface area contributed by atoms with Gasteiger partial charge in [-0.05, 0) is 31.4 Å². The average Bonchev–Trinajstić information content (AvgIpc) is 2.65. The molecule has 2 aliphatic heterocycles. The molecule has 0 radical (unpaired) electrons. The maximum Gasteiger partial charge on any atom is 0.124 e. The zero-order chi connectivity index (χ0) is 11.1. The second-order valence-electron chi connectivity index (χ2n) is 4.79. The minimum atomic E-state index is 0.376. The lowest BCUT2D eigenvalue weighted by molar-refractivity contribution is 0.404. The second kappa shape index (κ2) is 3.67. The van der Waals surface area contributed by atoms with Gasteiger partial charge in [-0.25, -0.2) is 0 Å². The highest BCUT2D eigenvalue weighted by atomic mass is 16.5. The van der Waals surface area contributed by atoms with Gasteiger partial charge in [0.2, 0.25) is 0 Å². The molecule has 86 valence electrons. The van der Waals surface area contributed by atoms with Crippen molar-refractivity contribution in [3.05, 3.63) is 23.8 Å². The Hall–Kier alpha value is -1.22. The van der Waals surface area contributed by atoms with Crippen LogP contribution in [0.4, 0.5) is 5.69 Å². The molecule has 0 spiro atoms. The van der Waals surface area contributed by atoms with Gasteiger partial charge in [-0.1, -0.05) is 6.07 Å². The average molecular weight is 218 g/mol. The molecule has 1 saturated heterocycles. The molecule has 2 aliphatic rings. The number of nitrogens with two attached hydrogens (primary N) is 1. The van der Waals surface area contributed by atoms with Crippen LogP contribution in [0.2, 0.25) is 0 Å². The molecule has 2 atom stereocenters. The largest absolute Gasteiger partial charge is 0.496 e. The van der Waals surface area contributed by atoms with Crippen molar-refractivity contribution in [2.24, 2.45) is 5.73 Å². The smallest absolute Gasteiger partial charge is 0.124 e. The number of nitrogens with zero attached hydrogens (tertiary/aromatic N) is 1. The predicted octanol–water partition coefficient (Wildman–Crippen LogP) is 1.55. The van der Waals surface area contributed by atoms with Gasteiger partial charge < -0.3 is 15.4 Å². The van der Waals surface area contributed by atoms with E-state index in [2.05, 4.69) is 23.1 Å². The van der Waals surface area contributed by atoms with Crippen LogP contribution in [-0.4, -0.2) is 25.7 Å². The minimum Gasteiger partial charge on any atom is -0.496 e. The van der Waals surface area contributed by atoms with Crippen LogP contribution in [0.3, 0.4) is 0 Å². The van der Waals surface area contributed by atoms with E-state index in [0.29, 0.717) is 12.1 Å². The number of rotatable bonds is 1. The Morgan fingerprint density at radius 2 is 2.31 bits per heavy atom. The number of hydrogen-bond acceptors (Lipinski definition) is 3. The molecule has 0 saturated carbocycles. The molecule has 3 nitrogen and oxygen atoms in total. The first-order valence-corrected chi connectivity index (χ1v) is 5.97. The van der Waals surface area contributed by atoms with Gasteiger partial charge in [0.05, 0.1) is 7.11 Å². The zero-order valence-corrected chi connectivity index (χ0v) is 9.65. The summed E-state index contributed by atoms with van der Waals surface area (Å²) in [6.45, 7) is 1.09. The lowest BCUT2D eigenvalue weighted by Gasteiger charge is -2.35. The molecule has 0 bridgehead atoms. The fourth-order valence-corrected chi connectivity index (χ4v) is 3.05. The van der Waals surface area contributed by atoms with Crippen LogP contribution in [0.25, 0.3) is 0 Å². The molecule has 2 N–H and O–H groups in total. The van der Waals surface area contributed by atoms with Crippen LogP contribution < -0.4 is 15.4 Å². The van der Waals surface area contributed by atoms with Gasteiger partial charge in [-0.15, -0.1) is 0 Å². The number of piperidine rings is 1. The molecule has 2 unspecified atom stereocenters. The van der Waals surface area contributed by atoms with Crippen molar-refractivity contribution in [3.63, 3.8) is 0 Å². The third-order valence-electron chi connectivity index (χ3n) is 3.83. The van der Waals surface area contributed by atoms with E-state index in [0.717, 1.165) is 31.6 Å². The van der Waals surface area contributed by atoms with Crippen molar-refractivity contribution in [1.82, 2.24) is 0 Å². The fourth-order valence-electron chi connectivity index (χ4n) is 3.05. The summed E-state index contributed by atoms with van der Waals surface area (Å²) in [6, 6.07) is 7.30. The Labute approximate surface area is 96.2 Å². The maximum atomic E-state index is 6.04. The molecule has 16 heavy (non-hydrogen) atoms. The molecule has 1 aromatic carbocycles. The number of anilines is 1. The molecule has 1 fully saturated rings. The Morgan fingerprint density at radius 1 is 1.44 bits per heavy atom. The topological polar surface area (TPSA) is 38.5 Å². The zero-order valence-electron chi connectivity index (χ0n) is 9.65. The standard InChI is InChI=1S/C13H18N2O/c1-16-13-4-2-3-12-11(13)8-10-7-9(14)5-6-15(10)12/h2-4,9-10H,5-8,14H2,1H3. The van der Waals surface area contributed by atoms with E-state index in [1.54, 1.807) is 7.11 Å². The molecular formula is C13H18N2O. The monoisotopic (exact) mass is 218 g/mol.